The lowest BCUT2D eigenvalue weighted by atomic mass is 10.1. The highest BCUT2D eigenvalue weighted by atomic mass is 16.1. The van der Waals surface area contributed by atoms with E-state index in [0.29, 0.717) is 11.2 Å². The van der Waals surface area contributed by atoms with E-state index in [0.717, 1.165) is 16.8 Å². The molecule has 2 heterocycles. The minimum absolute atomic E-state index is 0.237. The zero-order valence-electron chi connectivity index (χ0n) is 15.1. The Morgan fingerprint density at radius 2 is 1.70 bits per heavy atom. The fourth-order valence-corrected chi connectivity index (χ4v) is 2.83. The highest BCUT2D eigenvalue weighted by molar-refractivity contribution is 6.03. The second-order valence-electron chi connectivity index (χ2n) is 6.42. The molecule has 0 aliphatic carbocycles. The van der Waals surface area contributed by atoms with Crippen molar-refractivity contribution in [2.75, 3.05) is 24.3 Å². The summed E-state index contributed by atoms with van der Waals surface area (Å²) in [6.07, 6.45) is 1.84. The largest absolute Gasteiger partial charge is 0.378 e. The molecule has 0 radical (unpaired) electrons. The molecule has 0 saturated heterocycles. The average Bonchev–Trinajstić information content (AvgIpc) is 3.10. The van der Waals surface area contributed by atoms with Crippen LogP contribution in [0.25, 0.3) is 16.8 Å². The van der Waals surface area contributed by atoms with Crippen LogP contribution in [0, 0.1) is 0 Å². The van der Waals surface area contributed by atoms with Crippen LogP contribution in [0.1, 0.15) is 10.4 Å². The Morgan fingerprint density at radius 1 is 0.963 bits per heavy atom. The predicted octanol–water partition coefficient (Wildman–Crippen LogP) is 3.71. The van der Waals surface area contributed by atoms with Crippen molar-refractivity contribution in [1.82, 2.24) is 14.6 Å². The van der Waals surface area contributed by atoms with E-state index in [1.165, 1.54) is 0 Å². The van der Waals surface area contributed by atoms with E-state index in [9.17, 15) is 4.79 Å². The van der Waals surface area contributed by atoms with Crippen molar-refractivity contribution >= 4 is 23.2 Å². The molecule has 1 amide bonds. The number of hydrogen-bond acceptors (Lipinski definition) is 4. The maximum atomic E-state index is 12.4. The van der Waals surface area contributed by atoms with Crippen molar-refractivity contribution in [3.63, 3.8) is 0 Å². The summed E-state index contributed by atoms with van der Waals surface area (Å²) < 4.78 is 1.65. The molecule has 0 spiro atoms. The molecule has 6 heteroatoms. The third kappa shape index (κ3) is 3.50. The van der Waals surface area contributed by atoms with E-state index in [-0.39, 0.29) is 11.9 Å². The van der Waals surface area contributed by atoms with Crippen molar-refractivity contribution in [2.45, 2.75) is 0 Å². The van der Waals surface area contributed by atoms with Gasteiger partial charge in [-0.3, -0.25) is 10.1 Å². The van der Waals surface area contributed by atoms with Gasteiger partial charge in [0.1, 0.15) is 0 Å². The molecule has 2 aromatic heterocycles. The summed E-state index contributed by atoms with van der Waals surface area (Å²) in [5.74, 6) is 0.0430. The summed E-state index contributed by atoms with van der Waals surface area (Å²) in [4.78, 5) is 18.9. The first-order valence-corrected chi connectivity index (χ1v) is 8.61. The van der Waals surface area contributed by atoms with Crippen molar-refractivity contribution in [3.8, 4) is 11.1 Å². The van der Waals surface area contributed by atoms with Crippen molar-refractivity contribution < 1.29 is 4.79 Å². The van der Waals surface area contributed by atoms with Crippen molar-refractivity contribution in [3.05, 3.63) is 78.5 Å². The second kappa shape index (κ2) is 6.92. The van der Waals surface area contributed by atoms with Gasteiger partial charge in [0.15, 0.2) is 5.65 Å². The van der Waals surface area contributed by atoms with Gasteiger partial charge in [0.2, 0.25) is 5.95 Å². The van der Waals surface area contributed by atoms with Crippen LogP contribution in [0.4, 0.5) is 11.6 Å². The summed E-state index contributed by atoms with van der Waals surface area (Å²) in [6, 6.07) is 21.4. The lowest BCUT2D eigenvalue weighted by molar-refractivity contribution is 0.102. The Hall–Kier alpha value is -3.67. The normalized spacial score (nSPS) is 10.7. The van der Waals surface area contributed by atoms with Gasteiger partial charge in [-0.1, -0.05) is 30.3 Å². The van der Waals surface area contributed by atoms with Gasteiger partial charge in [-0.05, 0) is 47.5 Å². The Kier molecular flexibility index (Phi) is 4.30. The zero-order valence-corrected chi connectivity index (χ0v) is 15.1. The van der Waals surface area contributed by atoms with E-state index in [2.05, 4.69) is 15.4 Å². The lowest BCUT2D eigenvalue weighted by Crippen LogP contribution is -2.14. The number of carbonyl (C=O) groups is 1. The Bertz CT molecular complexity index is 1080. The third-order valence-corrected chi connectivity index (χ3v) is 4.32. The van der Waals surface area contributed by atoms with E-state index in [1.54, 1.807) is 16.6 Å². The molecule has 6 nitrogen and oxygen atoms in total. The van der Waals surface area contributed by atoms with Gasteiger partial charge in [-0.15, -0.1) is 5.10 Å². The van der Waals surface area contributed by atoms with Gasteiger partial charge < -0.3 is 4.90 Å². The van der Waals surface area contributed by atoms with E-state index >= 15 is 0 Å². The van der Waals surface area contributed by atoms with Crippen LogP contribution < -0.4 is 10.2 Å². The summed E-state index contributed by atoms with van der Waals surface area (Å²) in [5, 5.41) is 7.08. The van der Waals surface area contributed by atoms with Crippen LogP contribution in [-0.4, -0.2) is 34.6 Å². The summed E-state index contributed by atoms with van der Waals surface area (Å²) >= 11 is 0. The molecule has 0 aliphatic heterocycles. The Balaban J connectivity index is 1.56. The molecule has 0 saturated carbocycles. The molecule has 0 unspecified atom stereocenters. The highest BCUT2D eigenvalue weighted by Crippen LogP contribution is 2.20. The van der Waals surface area contributed by atoms with Crippen LogP contribution in [0.5, 0.6) is 0 Å². The van der Waals surface area contributed by atoms with Gasteiger partial charge in [-0.2, -0.15) is 4.98 Å². The first-order chi connectivity index (χ1) is 13.1. The van der Waals surface area contributed by atoms with Crippen LogP contribution in [-0.2, 0) is 0 Å². The van der Waals surface area contributed by atoms with Crippen molar-refractivity contribution in [2.24, 2.45) is 0 Å². The number of nitrogens with zero attached hydrogens (tertiary/aromatic N) is 4. The number of hydrogen-bond donors (Lipinski definition) is 1. The monoisotopic (exact) mass is 357 g/mol. The number of carbonyl (C=O) groups excluding carboxylic acids is 1. The van der Waals surface area contributed by atoms with Gasteiger partial charge in [-0.25, -0.2) is 4.52 Å². The molecule has 4 aromatic rings. The van der Waals surface area contributed by atoms with Crippen LogP contribution in [0.2, 0.25) is 0 Å². The first-order valence-electron chi connectivity index (χ1n) is 8.61. The molecule has 4 rings (SSSR count). The molecule has 0 aliphatic rings. The maximum Gasteiger partial charge on any atom is 0.258 e. The smallest absolute Gasteiger partial charge is 0.258 e. The molecule has 27 heavy (non-hydrogen) atoms. The van der Waals surface area contributed by atoms with Gasteiger partial charge in [0.25, 0.3) is 5.91 Å². The van der Waals surface area contributed by atoms with Crippen LogP contribution in [0.15, 0.2) is 72.9 Å². The molecular formula is C21H19N5O. The van der Waals surface area contributed by atoms with Gasteiger partial charge in [0.05, 0.1) is 0 Å². The summed E-state index contributed by atoms with van der Waals surface area (Å²) in [7, 11) is 3.92. The number of rotatable bonds is 4. The Morgan fingerprint density at radius 3 is 2.41 bits per heavy atom. The second-order valence-corrected chi connectivity index (χ2v) is 6.42. The number of anilines is 2. The molecule has 1 N–H and O–H groups in total. The average molecular weight is 357 g/mol. The third-order valence-electron chi connectivity index (χ3n) is 4.32. The van der Waals surface area contributed by atoms with Crippen molar-refractivity contribution in [1.29, 1.82) is 0 Å². The fourth-order valence-electron chi connectivity index (χ4n) is 2.83. The summed E-state index contributed by atoms with van der Waals surface area (Å²) in [6.45, 7) is 0. The number of fused-ring (bicyclic) bond motifs is 1. The number of nitrogens with one attached hydrogen (secondary N) is 1. The molecule has 0 bridgehead atoms. The number of pyridine rings is 1. The number of amides is 1. The standard InChI is InChI=1S/C21H19N5O/c1-25(2)18-10-8-16(9-11-18)20(27)23-21-22-19-14-17(12-13-26(19)24-21)15-6-4-3-5-7-15/h3-14H,1-2H3,(H,23,24,27). The topological polar surface area (TPSA) is 62.5 Å². The fraction of sp³-hybridized carbons (Fsp3) is 0.0952. The van der Waals surface area contributed by atoms with Crippen LogP contribution in [0.3, 0.4) is 0 Å². The van der Waals surface area contributed by atoms with Gasteiger partial charge >= 0.3 is 0 Å². The molecular weight excluding hydrogens is 338 g/mol. The zero-order chi connectivity index (χ0) is 18.8. The summed E-state index contributed by atoms with van der Waals surface area (Å²) in [5.41, 5.74) is 4.42. The van der Waals surface area contributed by atoms with Crippen LogP contribution >= 0.6 is 0 Å². The molecule has 0 fully saturated rings. The quantitative estimate of drug-likeness (QED) is 0.605. The minimum Gasteiger partial charge on any atom is -0.378 e. The first kappa shape index (κ1) is 16.8. The molecule has 0 atom stereocenters. The van der Waals surface area contributed by atoms with Gasteiger partial charge in [0, 0.05) is 31.5 Å². The number of aromatic nitrogens is 3. The van der Waals surface area contributed by atoms with E-state index < -0.39 is 0 Å². The molecule has 134 valence electrons. The van der Waals surface area contributed by atoms with E-state index in [1.807, 2.05) is 79.8 Å². The predicted molar refractivity (Wildman–Crippen MR) is 107 cm³/mol. The SMILES string of the molecule is CN(C)c1ccc(C(=O)Nc2nc3cc(-c4ccccc4)ccn3n2)cc1. The Labute approximate surface area is 157 Å². The maximum absolute atomic E-state index is 12.4. The lowest BCUT2D eigenvalue weighted by Gasteiger charge is -2.12. The van der Waals surface area contributed by atoms with E-state index in [4.69, 9.17) is 0 Å². The molecule has 2 aromatic carbocycles. The highest BCUT2D eigenvalue weighted by Gasteiger charge is 2.11. The number of benzene rings is 2. The minimum atomic E-state index is -0.237.